The van der Waals surface area contributed by atoms with Gasteiger partial charge in [0.05, 0.1) is 3.79 Å². The molecule has 0 saturated carbocycles. The molecule has 0 aliphatic rings. The number of hydrogen-bond acceptors (Lipinski definition) is 1. The molecule has 2 atom stereocenters. The van der Waals surface area contributed by atoms with Crippen LogP contribution in [0.25, 0.3) is 0 Å². The van der Waals surface area contributed by atoms with Gasteiger partial charge in [-0.05, 0) is 46.0 Å². The normalized spacial score (nSPS) is 14.5. The molecule has 1 aromatic carbocycles. The fraction of sp³-hybridized carbons (Fsp3) is 0.286. The Morgan fingerprint density at radius 2 is 1.82 bits per heavy atom. The number of thiophene rings is 1. The van der Waals surface area contributed by atoms with E-state index < -0.39 is 0 Å². The van der Waals surface area contributed by atoms with Gasteiger partial charge in [-0.1, -0.05) is 53.2 Å². The lowest BCUT2D eigenvalue weighted by Crippen LogP contribution is -2.06. The fourth-order valence-corrected chi connectivity index (χ4v) is 3.96. The number of alkyl halides is 1. The summed E-state index contributed by atoms with van der Waals surface area (Å²) in [4.78, 5) is 1.86. The lowest BCUT2D eigenvalue weighted by atomic mass is 9.97. The first-order valence-corrected chi connectivity index (χ1v) is 8.12. The lowest BCUT2D eigenvalue weighted by molar-refractivity contribution is 0.577. The first-order chi connectivity index (χ1) is 8.16. The monoisotopic (exact) mass is 372 g/mol. The van der Waals surface area contributed by atoms with Gasteiger partial charge in [-0.2, -0.15) is 0 Å². The number of benzene rings is 1. The van der Waals surface area contributed by atoms with Crippen LogP contribution in [0.3, 0.4) is 0 Å². The van der Waals surface area contributed by atoms with Crippen LogP contribution in [0.5, 0.6) is 0 Å². The van der Waals surface area contributed by atoms with Crippen molar-refractivity contribution >= 4 is 43.2 Å². The van der Waals surface area contributed by atoms with Gasteiger partial charge in [0.15, 0.2) is 0 Å². The summed E-state index contributed by atoms with van der Waals surface area (Å²) in [5.41, 5.74) is 1.36. The summed E-state index contributed by atoms with van der Waals surface area (Å²) >= 11 is 9.14. The van der Waals surface area contributed by atoms with Crippen LogP contribution >= 0.6 is 43.2 Å². The molecule has 0 aliphatic heterocycles. The van der Waals surface area contributed by atoms with Gasteiger partial charge in [0, 0.05) is 9.70 Å². The first-order valence-electron chi connectivity index (χ1n) is 5.60. The van der Waals surface area contributed by atoms with E-state index in [0.29, 0.717) is 10.7 Å². The molecule has 1 heterocycles. The van der Waals surface area contributed by atoms with Gasteiger partial charge < -0.3 is 0 Å². The van der Waals surface area contributed by atoms with Crippen molar-refractivity contribution in [3.05, 3.63) is 56.7 Å². The summed E-state index contributed by atoms with van der Waals surface area (Å²) in [6.45, 7) is 2.29. The van der Waals surface area contributed by atoms with E-state index in [1.165, 1.54) is 14.2 Å². The van der Waals surface area contributed by atoms with Crippen molar-refractivity contribution in [2.75, 3.05) is 0 Å². The van der Waals surface area contributed by atoms with E-state index >= 15 is 0 Å². The largest absolute Gasteiger partial charge is 0.133 e. The minimum Gasteiger partial charge on any atom is -0.133 e. The van der Waals surface area contributed by atoms with E-state index in [1.807, 2.05) is 11.3 Å². The maximum Gasteiger partial charge on any atom is 0.0701 e. The second-order valence-electron chi connectivity index (χ2n) is 4.20. The van der Waals surface area contributed by atoms with Crippen molar-refractivity contribution in [2.45, 2.75) is 18.2 Å². The molecule has 0 fully saturated rings. The Kier molecular flexibility index (Phi) is 4.83. The van der Waals surface area contributed by atoms with E-state index in [9.17, 15) is 0 Å². The molecule has 0 N–H and O–H groups in total. The smallest absolute Gasteiger partial charge is 0.0701 e. The first kappa shape index (κ1) is 13.3. The highest BCUT2D eigenvalue weighted by atomic mass is 79.9. The van der Waals surface area contributed by atoms with Gasteiger partial charge in [-0.3, -0.25) is 0 Å². The second-order valence-corrected chi connectivity index (χ2v) is 7.73. The molecule has 3 heteroatoms. The van der Waals surface area contributed by atoms with Crippen molar-refractivity contribution in [2.24, 2.45) is 5.92 Å². The summed E-state index contributed by atoms with van der Waals surface area (Å²) in [5.74, 6) is 0.586. The van der Waals surface area contributed by atoms with E-state index in [1.54, 1.807) is 0 Å². The molecule has 0 amide bonds. The summed E-state index contributed by atoms with van der Waals surface area (Å²) < 4.78 is 1.21. The van der Waals surface area contributed by atoms with E-state index in [2.05, 4.69) is 81.2 Å². The van der Waals surface area contributed by atoms with Crippen LogP contribution in [0.1, 0.15) is 22.2 Å². The third-order valence-electron chi connectivity index (χ3n) is 2.77. The SMILES string of the molecule is CC(Cc1ccc(Br)s1)C(Br)c1ccccc1. The summed E-state index contributed by atoms with van der Waals surface area (Å²) in [6, 6.07) is 14.9. The molecular formula is C14H14Br2S. The Morgan fingerprint density at radius 1 is 1.12 bits per heavy atom. The van der Waals surface area contributed by atoms with Gasteiger partial charge in [-0.15, -0.1) is 11.3 Å². The predicted molar refractivity (Wildman–Crippen MR) is 83.0 cm³/mol. The third kappa shape index (κ3) is 3.67. The topological polar surface area (TPSA) is 0 Å². The van der Waals surface area contributed by atoms with E-state index in [0.717, 1.165) is 6.42 Å². The number of halogens is 2. The highest BCUT2D eigenvalue weighted by molar-refractivity contribution is 9.11. The molecule has 2 rings (SSSR count). The standard InChI is InChI=1S/C14H14Br2S/c1-10(9-12-7-8-13(15)17-12)14(16)11-5-3-2-4-6-11/h2-8,10,14H,9H2,1H3. The number of hydrogen-bond donors (Lipinski definition) is 0. The van der Waals surface area contributed by atoms with E-state index in [4.69, 9.17) is 0 Å². The maximum atomic E-state index is 3.81. The van der Waals surface area contributed by atoms with Crippen molar-refractivity contribution < 1.29 is 0 Å². The van der Waals surface area contributed by atoms with Crippen LogP contribution in [0.2, 0.25) is 0 Å². The van der Waals surface area contributed by atoms with Crippen molar-refractivity contribution in [1.82, 2.24) is 0 Å². The van der Waals surface area contributed by atoms with Crippen molar-refractivity contribution in [1.29, 1.82) is 0 Å². The Hall–Kier alpha value is -0.120. The molecule has 2 unspecified atom stereocenters. The van der Waals surface area contributed by atoms with Crippen LogP contribution in [-0.2, 0) is 6.42 Å². The van der Waals surface area contributed by atoms with Crippen LogP contribution in [0, 0.1) is 5.92 Å². The van der Waals surface area contributed by atoms with Crippen molar-refractivity contribution in [3.8, 4) is 0 Å². The van der Waals surface area contributed by atoms with Crippen LogP contribution < -0.4 is 0 Å². The molecule has 0 radical (unpaired) electrons. The molecule has 0 saturated heterocycles. The zero-order chi connectivity index (χ0) is 12.3. The molecule has 0 spiro atoms. The number of rotatable bonds is 4. The van der Waals surface area contributed by atoms with Gasteiger partial charge >= 0.3 is 0 Å². The molecule has 0 aliphatic carbocycles. The maximum absolute atomic E-state index is 3.81. The Morgan fingerprint density at radius 3 is 2.41 bits per heavy atom. The van der Waals surface area contributed by atoms with Gasteiger partial charge in [0.1, 0.15) is 0 Å². The van der Waals surface area contributed by atoms with Gasteiger partial charge in [-0.25, -0.2) is 0 Å². The summed E-state index contributed by atoms with van der Waals surface area (Å²) in [6.07, 6.45) is 1.11. The summed E-state index contributed by atoms with van der Waals surface area (Å²) in [5, 5.41) is 0. The van der Waals surface area contributed by atoms with Gasteiger partial charge in [0.2, 0.25) is 0 Å². The molecule has 90 valence electrons. The molecule has 17 heavy (non-hydrogen) atoms. The Labute approximate surface area is 123 Å². The molecule has 1 aromatic heterocycles. The van der Waals surface area contributed by atoms with Crippen molar-refractivity contribution in [3.63, 3.8) is 0 Å². The quantitative estimate of drug-likeness (QED) is 0.591. The average Bonchev–Trinajstić information content (AvgIpc) is 2.75. The fourth-order valence-electron chi connectivity index (χ4n) is 1.85. The average molecular weight is 374 g/mol. The Bertz CT molecular complexity index is 464. The van der Waals surface area contributed by atoms with Crippen LogP contribution in [0.15, 0.2) is 46.3 Å². The third-order valence-corrected chi connectivity index (χ3v) is 5.85. The molecule has 0 nitrogen and oxygen atoms in total. The molecule has 2 aromatic rings. The zero-order valence-electron chi connectivity index (χ0n) is 9.57. The Balaban J connectivity index is 2.03. The highest BCUT2D eigenvalue weighted by Crippen LogP contribution is 2.34. The molecular weight excluding hydrogens is 360 g/mol. The second kappa shape index (κ2) is 6.17. The lowest BCUT2D eigenvalue weighted by Gasteiger charge is -2.18. The molecule has 0 bridgehead atoms. The minimum atomic E-state index is 0.421. The summed E-state index contributed by atoms with van der Waals surface area (Å²) in [7, 11) is 0. The minimum absolute atomic E-state index is 0.421. The van der Waals surface area contributed by atoms with Crippen LogP contribution in [0.4, 0.5) is 0 Å². The predicted octanol–water partition coefficient (Wildman–Crippen LogP) is 5.83. The van der Waals surface area contributed by atoms with Gasteiger partial charge in [0.25, 0.3) is 0 Å². The highest BCUT2D eigenvalue weighted by Gasteiger charge is 2.16. The zero-order valence-corrected chi connectivity index (χ0v) is 13.6. The van der Waals surface area contributed by atoms with E-state index in [-0.39, 0.29) is 0 Å². The van der Waals surface area contributed by atoms with Crippen LogP contribution in [-0.4, -0.2) is 0 Å².